The number of pyridine rings is 1. The smallest absolute Gasteiger partial charge is 0.255 e. The lowest BCUT2D eigenvalue weighted by atomic mass is 10.2. The lowest BCUT2D eigenvalue weighted by Crippen LogP contribution is -2.24. The van der Waals surface area contributed by atoms with Crippen LogP contribution in [0.25, 0.3) is 0 Å². The molecule has 20 heavy (non-hydrogen) atoms. The monoisotopic (exact) mass is 273 g/mol. The average Bonchev–Trinajstić information content (AvgIpc) is 2.76. The second kappa shape index (κ2) is 5.73. The zero-order chi connectivity index (χ0) is 14.7. The second-order valence-corrected chi connectivity index (χ2v) is 4.68. The van der Waals surface area contributed by atoms with Crippen LogP contribution in [0, 0.1) is 13.8 Å². The van der Waals surface area contributed by atoms with Crippen LogP contribution in [0.2, 0.25) is 0 Å². The number of hydrogen-bond donors (Lipinski definition) is 2. The molecule has 0 saturated heterocycles. The highest BCUT2D eigenvalue weighted by atomic mass is 16.1. The van der Waals surface area contributed by atoms with Crippen molar-refractivity contribution < 1.29 is 4.79 Å². The highest BCUT2D eigenvalue weighted by Gasteiger charge is 2.12. The van der Waals surface area contributed by atoms with Crippen molar-refractivity contribution in [2.75, 3.05) is 12.4 Å². The van der Waals surface area contributed by atoms with Gasteiger partial charge in [0, 0.05) is 43.8 Å². The van der Waals surface area contributed by atoms with Crippen LogP contribution in [0.3, 0.4) is 0 Å². The highest BCUT2D eigenvalue weighted by molar-refractivity contribution is 5.99. The molecular weight excluding hydrogens is 254 g/mol. The number of hydrogen-bond acceptors (Lipinski definition) is 4. The van der Waals surface area contributed by atoms with Crippen LogP contribution >= 0.6 is 0 Å². The van der Waals surface area contributed by atoms with Crippen molar-refractivity contribution in [2.24, 2.45) is 7.05 Å². The summed E-state index contributed by atoms with van der Waals surface area (Å²) in [6.45, 7) is 4.32. The van der Waals surface area contributed by atoms with E-state index in [4.69, 9.17) is 0 Å². The first-order valence-corrected chi connectivity index (χ1v) is 6.43. The van der Waals surface area contributed by atoms with Gasteiger partial charge in [-0.3, -0.25) is 14.5 Å². The zero-order valence-corrected chi connectivity index (χ0v) is 12.2. The third kappa shape index (κ3) is 2.79. The fourth-order valence-electron chi connectivity index (χ4n) is 1.94. The minimum atomic E-state index is -0.148. The van der Waals surface area contributed by atoms with Gasteiger partial charge >= 0.3 is 0 Å². The molecule has 0 spiro atoms. The Bertz CT molecular complexity index is 632. The van der Waals surface area contributed by atoms with Crippen LogP contribution in [-0.2, 0) is 13.6 Å². The van der Waals surface area contributed by atoms with Crippen LogP contribution < -0.4 is 10.6 Å². The summed E-state index contributed by atoms with van der Waals surface area (Å²) in [6.07, 6.45) is 3.36. The first-order chi connectivity index (χ1) is 9.52. The molecule has 0 radical (unpaired) electrons. The van der Waals surface area contributed by atoms with Crippen molar-refractivity contribution in [2.45, 2.75) is 20.4 Å². The van der Waals surface area contributed by atoms with E-state index >= 15 is 0 Å². The molecule has 6 heteroatoms. The van der Waals surface area contributed by atoms with Gasteiger partial charge in [-0.25, -0.2) is 0 Å². The summed E-state index contributed by atoms with van der Waals surface area (Å²) in [4.78, 5) is 16.4. The Kier molecular flexibility index (Phi) is 4.02. The SMILES string of the molecule is CNc1cc(C)ncc1C(=O)NCc1cnn(C)c1C. The maximum atomic E-state index is 12.2. The molecule has 2 N–H and O–H groups in total. The predicted octanol–water partition coefficient (Wildman–Crippen LogP) is 1.40. The molecule has 2 aromatic rings. The lowest BCUT2D eigenvalue weighted by Gasteiger charge is -2.10. The van der Waals surface area contributed by atoms with Gasteiger partial charge in [0.2, 0.25) is 0 Å². The van der Waals surface area contributed by atoms with Crippen molar-refractivity contribution in [1.29, 1.82) is 0 Å². The van der Waals surface area contributed by atoms with Crippen LogP contribution in [0.1, 0.15) is 27.3 Å². The molecule has 0 saturated carbocycles. The van der Waals surface area contributed by atoms with E-state index in [0.29, 0.717) is 12.1 Å². The molecule has 0 bridgehead atoms. The van der Waals surface area contributed by atoms with E-state index in [1.165, 1.54) is 0 Å². The molecule has 0 aliphatic rings. The fourth-order valence-corrected chi connectivity index (χ4v) is 1.94. The van der Waals surface area contributed by atoms with Crippen molar-refractivity contribution in [3.63, 3.8) is 0 Å². The van der Waals surface area contributed by atoms with Gasteiger partial charge in [0.05, 0.1) is 17.4 Å². The number of carbonyl (C=O) groups is 1. The second-order valence-electron chi connectivity index (χ2n) is 4.68. The number of carbonyl (C=O) groups excluding carboxylic acids is 1. The molecule has 6 nitrogen and oxygen atoms in total. The van der Waals surface area contributed by atoms with Crippen molar-refractivity contribution in [3.8, 4) is 0 Å². The highest BCUT2D eigenvalue weighted by Crippen LogP contribution is 2.15. The summed E-state index contributed by atoms with van der Waals surface area (Å²) in [5, 5.41) is 10.1. The Morgan fingerprint density at radius 2 is 2.10 bits per heavy atom. The van der Waals surface area contributed by atoms with Gasteiger partial charge in [-0.15, -0.1) is 0 Å². The number of rotatable bonds is 4. The molecule has 0 aliphatic carbocycles. The van der Waals surface area contributed by atoms with Crippen molar-refractivity contribution >= 4 is 11.6 Å². The number of anilines is 1. The van der Waals surface area contributed by atoms with Gasteiger partial charge in [0.1, 0.15) is 0 Å². The van der Waals surface area contributed by atoms with E-state index in [1.807, 2.05) is 27.0 Å². The minimum absolute atomic E-state index is 0.148. The summed E-state index contributed by atoms with van der Waals surface area (Å²) in [5.74, 6) is -0.148. The quantitative estimate of drug-likeness (QED) is 0.883. The standard InChI is InChI=1S/C14H19N5O/c1-9-5-13(15-3)12(8-16-9)14(20)17-6-11-7-18-19(4)10(11)2/h5,7-8H,6H2,1-4H3,(H,15,16)(H,17,20). The van der Waals surface area contributed by atoms with Gasteiger partial charge in [-0.05, 0) is 19.9 Å². The molecule has 0 unspecified atom stereocenters. The molecule has 2 aromatic heterocycles. The summed E-state index contributed by atoms with van der Waals surface area (Å²) in [6, 6.07) is 1.85. The first kappa shape index (κ1) is 14.0. The van der Waals surface area contributed by atoms with E-state index in [1.54, 1.807) is 24.1 Å². The summed E-state index contributed by atoms with van der Waals surface area (Å²) in [7, 11) is 3.67. The van der Waals surface area contributed by atoms with E-state index in [2.05, 4.69) is 20.7 Å². The van der Waals surface area contributed by atoms with Crippen LogP contribution in [-0.4, -0.2) is 27.7 Å². The molecule has 0 aromatic carbocycles. The Morgan fingerprint density at radius 1 is 1.35 bits per heavy atom. The van der Waals surface area contributed by atoms with E-state index in [-0.39, 0.29) is 5.91 Å². The third-order valence-electron chi connectivity index (χ3n) is 3.33. The topological polar surface area (TPSA) is 71.8 Å². The Labute approximate surface area is 118 Å². The summed E-state index contributed by atoms with van der Waals surface area (Å²) in [5.41, 5.74) is 4.24. The molecule has 0 fully saturated rings. The number of aromatic nitrogens is 3. The van der Waals surface area contributed by atoms with Gasteiger partial charge in [0.15, 0.2) is 0 Å². The summed E-state index contributed by atoms with van der Waals surface area (Å²) >= 11 is 0. The normalized spacial score (nSPS) is 10.4. The molecule has 106 valence electrons. The molecule has 0 atom stereocenters. The molecule has 1 amide bonds. The third-order valence-corrected chi connectivity index (χ3v) is 3.33. The van der Waals surface area contributed by atoms with Crippen LogP contribution in [0.5, 0.6) is 0 Å². The number of nitrogens with zero attached hydrogens (tertiary/aromatic N) is 3. The molecule has 2 heterocycles. The molecular formula is C14H19N5O. The van der Waals surface area contributed by atoms with Crippen LogP contribution in [0.4, 0.5) is 5.69 Å². The van der Waals surface area contributed by atoms with E-state index in [9.17, 15) is 4.79 Å². The maximum Gasteiger partial charge on any atom is 0.255 e. The Hall–Kier alpha value is -2.37. The zero-order valence-electron chi connectivity index (χ0n) is 12.2. The molecule has 0 aliphatic heterocycles. The number of aryl methyl sites for hydroxylation is 2. The minimum Gasteiger partial charge on any atom is -0.387 e. The van der Waals surface area contributed by atoms with Gasteiger partial charge in [-0.1, -0.05) is 0 Å². The lowest BCUT2D eigenvalue weighted by molar-refractivity contribution is 0.0951. The average molecular weight is 273 g/mol. The fraction of sp³-hybridized carbons (Fsp3) is 0.357. The van der Waals surface area contributed by atoms with Gasteiger partial charge in [0.25, 0.3) is 5.91 Å². The number of amides is 1. The van der Waals surface area contributed by atoms with Crippen LogP contribution in [0.15, 0.2) is 18.5 Å². The Morgan fingerprint density at radius 3 is 2.70 bits per heavy atom. The first-order valence-electron chi connectivity index (χ1n) is 6.43. The van der Waals surface area contributed by atoms with Gasteiger partial charge < -0.3 is 10.6 Å². The largest absolute Gasteiger partial charge is 0.387 e. The van der Waals surface area contributed by atoms with Crippen molar-refractivity contribution in [1.82, 2.24) is 20.1 Å². The number of nitrogens with one attached hydrogen (secondary N) is 2. The van der Waals surface area contributed by atoms with Crippen molar-refractivity contribution in [3.05, 3.63) is 41.0 Å². The molecule has 2 rings (SSSR count). The Balaban J connectivity index is 2.11. The maximum absolute atomic E-state index is 12.2. The van der Waals surface area contributed by atoms with E-state index < -0.39 is 0 Å². The van der Waals surface area contributed by atoms with E-state index in [0.717, 1.165) is 22.6 Å². The predicted molar refractivity (Wildman–Crippen MR) is 77.6 cm³/mol. The summed E-state index contributed by atoms with van der Waals surface area (Å²) < 4.78 is 1.79. The van der Waals surface area contributed by atoms with Gasteiger partial charge in [-0.2, -0.15) is 5.10 Å².